The first-order valence-corrected chi connectivity index (χ1v) is 8.59. The van der Waals surface area contributed by atoms with Crippen LogP contribution in [0.4, 0.5) is 4.39 Å². The maximum absolute atomic E-state index is 13.1. The molecule has 2 aromatic carbocycles. The summed E-state index contributed by atoms with van der Waals surface area (Å²) < 4.78 is 23.6. The minimum Gasteiger partial charge on any atom is -0.496 e. The highest BCUT2D eigenvalue weighted by Gasteiger charge is 2.34. The largest absolute Gasteiger partial charge is 0.496 e. The number of hydrogen-bond donors (Lipinski definition) is 1. The van der Waals surface area contributed by atoms with Gasteiger partial charge < -0.3 is 19.7 Å². The van der Waals surface area contributed by atoms with Crippen LogP contribution in [0.15, 0.2) is 48.5 Å². The molecule has 1 aliphatic heterocycles. The topological polar surface area (TPSA) is 67.9 Å². The second-order valence-electron chi connectivity index (χ2n) is 6.21. The van der Waals surface area contributed by atoms with Crippen molar-refractivity contribution in [3.05, 3.63) is 65.5 Å². The van der Waals surface area contributed by atoms with E-state index in [1.807, 2.05) is 24.3 Å². The summed E-state index contributed by atoms with van der Waals surface area (Å²) in [6.45, 7) is 0.537. The van der Waals surface area contributed by atoms with E-state index in [0.717, 1.165) is 11.1 Å². The molecule has 2 aromatic rings. The third kappa shape index (κ3) is 4.62. The summed E-state index contributed by atoms with van der Waals surface area (Å²) in [6, 6.07) is 12.5. The number of amides is 2. The highest BCUT2D eigenvalue weighted by Crippen LogP contribution is 2.18. The lowest BCUT2D eigenvalue weighted by atomic mass is 10.1. The third-order valence-corrected chi connectivity index (χ3v) is 4.41. The van der Waals surface area contributed by atoms with Crippen molar-refractivity contribution in [2.24, 2.45) is 0 Å². The van der Waals surface area contributed by atoms with Crippen LogP contribution in [-0.4, -0.2) is 43.1 Å². The maximum Gasteiger partial charge on any atom is 0.249 e. The minimum atomic E-state index is -0.744. The fourth-order valence-electron chi connectivity index (χ4n) is 2.96. The lowest BCUT2D eigenvalue weighted by Crippen LogP contribution is -2.55. The number of para-hydroxylation sites is 1. The van der Waals surface area contributed by atoms with Crippen molar-refractivity contribution in [1.82, 2.24) is 10.2 Å². The molecule has 0 aliphatic carbocycles. The lowest BCUT2D eigenvalue weighted by Gasteiger charge is -2.34. The summed E-state index contributed by atoms with van der Waals surface area (Å²) in [7, 11) is 1.57. The van der Waals surface area contributed by atoms with Crippen molar-refractivity contribution >= 4 is 11.8 Å². The highest BCUT2D eigenvalue weighted by atomic mass is 19.1. The van der Waals surface area contributed by atoms with Gasteiger partial charge in [-0.15, -0.1) is 0 Å². The number of benzene rings is 2. The van der Waals surface area contributed by atoms with Gasteiger partial charge in [0.15, 0.2) is 0 Å². The Bertz CT molecular complexity index is 810. The summed E-state index contributed by atoms with van der Waals surface area (Å²) in [6.07, 6.45) is 0. The number of ether oxygens (including phenoxy) is 2. The smallest absolute Gasteiger partial charge is 0.249 e. The van der Waals surface area contributed by atoms with E-state index >= 15 is 0 Å². The molecular formula is C20H21FN2O4. The molecule has 27 heavy (non-hydrogen) atoms. The molecule has 7 heteroatoms. The van der Waals surface area contributed by atoms with Crippen LogP contribution in [0.2, 0.25) is 0 Å². The van der Waals surface area contributed by atoms with E-state index < -0.39 is 6.04 Å². The minimum absolute atomic E-state index is 0.0719. The van der Waals surface area contributed by atoms with Gasteiger partial charge in [0.05, 0.1) is 13.7 Å². The van der Waals surface area contributed by atoms with Gasteiger partial charge in [0.2, 0.25) is 11.8 Å². The Hall–Kier alpha value is -2.93. The number of morpholine rings is 1. The Balaban J connectivity index is 1.68. The number of rotatable bonds is 6. The van der Waals surface area contributed by atoms with Crippen LogP contribution >= 0.6 is 0 Å². The van der Waals surface area contributed by atoms with Crippen LogP contribution in [-0.2, 0) is 27.4 Å². The van der Waals surface area contributed by atoms with Crippen molar-refractivity contribution < 1.29 is 23.5 Å². The Labute approximate surface area is 156 Å². The number of hydrogen-bond acceptors (Lipinski definition) is 4. The summed E-state index contributed by atoms with van der Waals surface area (Å²) in [5, 5.41) is 2.84. The molecule has 2 amide bonds. The Kier molecular flexibility index (Phi) is 6.03. The van der Waals surface area contributed by atoms with Crippen LogP contribution < -0.4 is 10.1 Å². The average molecular weight is 372 g/mol. The Morgan fingerprint density at radius 2 is 2.00 bits per heavy atom. The fraction of sp³-hybridized carbons (Fsp3) is 0.300. The van der Waals surface area contributed by atoms with Crippen molar-refractivity contribution in [2.45, 2.75) is 19.1 Å². The lowest BCUT2D eigenvalue weighted by molar-refractivity contribution is -0.155. The van der Waals surface area contributed by atoms with Gasteiger partial charge in [-0.1, -0.05) is 30.3 Å². The molecule has 1 atom stereocenters. The summed E-state index contributed by atoms with van der Waals surface area (Å²) in [4.78, 5) is 26.4. The average Bonchev–Trinajstić information content (AvgIpc) is 2.69. The molecule has 0 saturated carbocycles. The Morgan fingerprint density at radius 1 is 1.26 bits per heavy atom. The zero-order chi connectivity index (χ0) is 19.2. The molecule has 3 rings (SSSR count). The molecule has 1 saturated heterocycles. The molecule has 1 heterocycles. The molecule has 1 aliphatic rings. The second-order valence-corrected chi connectivity index (χ2v) is 6.21. The molecule has 1 fully saturated rings. The number of halogens is 1. The molecular weight excluding hydrogens is 351 g/mol. The van der Waals surface area contributed by atoms with Crippen LogP contribution in [0.3, 0.4) is 0 Å². The van der Waals surface area contributed by atoms with Crippen LogP contribution in [0, 0.1) is 5.82 Å². The normalized spacial score (nSPS) is 16.9. The first kappa shape index (κ1) is 18.8. The van der Waals surface area contributed by atoms with Crippen LogP contribution in [0.5, 0.6) is 5.75 Å². The van der Waals surface area contributed by atoms with Gasteiger partial charge >= 0.3 is 0 Å². The molecule has 0 bridgehead atoms. The monoisotopic (exact) mass is 372 g/mol. The zero-order valence-corrected chi connectivity index (χ0v) is 15.0. The predicted octanol–water partition coefficient (Wildman–Crippen LogP) is 1.88. The van der Waals surface area contributed by atoms with Crippen LogP contribution in [0.25, 0.3) is 0 Å². The number of carbonyl (C=O) groups excluding carboxylic acids is 2. The van der Waals surface area contributed by atoms with E-state index in [-0.39, 0.29) is 43.9 Å². The molecule has 1 N–H and O–H groups in total. The van der Waals surface area contributed by atoms with Gasteiger partial charge in [-0.05, 0) is 23.8 Å². The quantitative estimate of drug-likeness (QED) is 0.841. The van der Waals surface area contributed by atoms with E-state index in [1.165, 1.54) is 17.0 Å². The zero-order valence-electron chi connectivity index (χ0n) is 15.0. The summed E-state index contributed by atoms with van der Waals surface area (Å²) in [5.74, 6) is -0.255. The first-order chi connectivity index (χ1) is 13.1. The standard InChI is InChI=1S/C20H21FN2O4/c1-26-18-5-3-2-4-15(18)10-22-20(25)17-12-27-13-19(24)23(17)11-14-6-8-16(21)9-7-14/h2-9,17H,10-13H2,1H3,(H,22,25)/t17-/m0/s1. The first-order valence-electron chi connectivity index (χ1n) is 8.59. The van der Waals surface area contributed by atoms with E-state index in [2.05, 4.69) is 5.32 Å². The molecule has 0 aromatic heterocycles. The van der Waals surface area contributed by atoms with Gasteiger partial charge in [0, 0.05) is 18.7 Å². The molecule has 0 radical (unpaired) electrons. The summed E-state index contributed by atoms with van der Waals surface area (Å²) in [5.41, 5.74) is 1.58. The van der Waals surface area contributed by atoms with Gasteiger partial charge in [-0.3, -0.25) is 9.59 Å². The maximum atomic E-state index is 13.1. The van der Waals surface area contributed by atoms with E-state index in [4.69, 9.17) is 9.47 Å². The van der Waals surface area contributed by atoms with E-state index in [0.29, 0.717) is 5.75 Å². The number of carbonyl (C=O) groups is 2. The number of nitrogens with one attached hydrogen (secondary N) is 1. The fourth-order valence-corrected chi connectivity index (χ4v) is 2.96. The molecule has 6 nitrogen and oxygen atoms in total. The van der Waals surface area contributed by atoms with E-state index in [1.54, 1.807) is 19.2 Å². The van der Waals surface area contributed by atoms with Gasteiger partial charge in [0.1, 0.15) is 24.2 Å². The number of methoxy groups -OCH3 is 1. The summed E-state index contributed by atoms with van der Waals surface area (Å²) >= 11 is 0. The van der Waals surface area contributed by atoms with Crippen molar-refractivity contribution in [3.63, 3.8) is 0 Å². The molecule has 142 valence electrons. The van der Waals surface area contributed by atoms with Gasteiger partial charge in [0.25, 0.3) is 0 Å². The molecule has 0 spiro atoms. The van der Waals surface area contributed by atoms with Gasteiger partial charge in [-0.2, -0.15) is 0 Å². The number of nitrogens with zero attached hydrogens (tertiary/aromatic N) is 1. The van der Waals surface area contributed by atoms with Crippen molar-refractivity contribution in [1.29, 1.82) is 0 Å². The highest BCUT2D eigenvalue weighted by molar-refractivity contribution is 5.89. The molecule has 0 unspecified atom stereocenters. The van der Waals surface area contributed by atoms with Gasteiger partial charge in [-0.25, -0.2) is 4.39 Å². The van der Waals surface area contributed by atoms with Crippen LogP contribution in [0.1, 0.15) is 11.1 Å². The van der Waals surface area contributed by atoms with Crippen molar-refractivity contribution in [2.75, 3.05) is 20.3 Å². The second kappa shape index (κ2) is 8.64. The Morgan fingerprint density at radius 3 is 2.74 bits per heavy atom. The third-order valence-electron chi connectivity index (χ3n) is 4.41. The predicted molar refractivity (Wildman–Crippen MR) is 96.4 cm³/mol. The SMILES string of the molecule is COc1ccccc1CNC(=O)[C@@H]1COCC(=O)N1Cc1ccc(F)cc1. The van der Waals surface area contributed by atoms with Crippen molar-refractivity contribution in [3.8, 4) is 5.75 Å². The van der Waals surface area contributed by atoms with E-state index in [9.17, 15) is 14.0 Å².